The third-order valence-corrected chi connectivity index (χ3v) is 7.83. The molecule has 0 spiro atoms. The standard InChI is InChI=1S/C18H24O9S3/c1-2-3-4-5-6-7-11-14-13-10-8-9-12-15(13)17(29(22,23)24)18(30(25,26)27)16(14)28(19,20)21/h8-10,12H,2-7,11H2,1H3,(H,19,20,21)(H,22,23,24)(H,25,26,27). The van der Waals surface area contributed by atoms with Crippen molar-refractivity contribution in [2.45, 2.75) is 66.6 Å². The van der Waals surface area contributed by atoms with Crippen molar-refractivity contribution in [3.8, 4) is 0 Å². The minimum atomic E-state index is -5.47. The van der Waals surface area contributed by atoms with Crippen molar-refractivity contribution in [2.75, 3.05) is 0 Å². The summed E-state index contributed by atoms with van der Waals surface area (Å²) in [5, 5.41) is -0.236. The van der Waals surface area contributed by atoms with Crippen LogP contribution in [0.15, 0.2) is 39.0 Å². The van der Waals surface area contributed by atoms with Crippen molar-refractivity contribution in [1.29, 1.82) is 0 Å². The summed E-state index contributed by atoms with van der Waals surface area (Å²) in [4.78, 5) is -4.07. The second-order valence-electron chi connectivity index (χ2n) is 6.95. The highest BCUT2D eigenvalue weighted by Gasteiger charge is 2.37. The van der Waals surface area contributed by atoms with Crippen LogP contribution in [0.3, 0.4) is 0 Å². The normalized spacial score (nSPS) is 13.1. The molecule has 0 atom stereocenters. The molecule has 0 unspecified atom stereocenters. The Balaban J connectivity index is 2.86. The van der Waals surface area contributed by atoms with Gasteiger partial charge < -0.3 is 0 Å². The minimum absolute atomic E-state index is 0.00996. The maximum Gasteiger partial charge on any atom is 0.297 e. The van der Waals surface area contributed by atoms with E-state index in [2.05, 4.69) is 6.92 Å². The molecule has 2 rings (SSSR count). The van der Waals surface area contributed by atoms with Crippen LogP contribution in [0.2, 0.25) is 0 Å². The van der Waals surface area contributed by atoms with Gasteiger partial charge in [-0.15, -0.1) is 0 Å². The third-order valence-electron chi connectivity index (χ3n) is 4.74. The summed E-state index contributed by atoms with van der Waals surface area (Å²) in [6.45, 7) is 2.05. The first-order valence-corrected chi connectivity index (χ1v) is 13.6. The van der Waals surface area contributed by atoms with E-state index >= 15 is 0 Å². The molecule has 30 heavy (non-hydrogen) atoms. The Bertz CT molecular complexity index is 1250. The number of rotatable bonds is 10. The molecule has 12 heteroatoms. The summed E-state index contributed by atoms with van der Waals surface area (Å²) < 4.78 is 101. The van der Waals surface area contributed by atoms with Crippen LogP contribution in [0.5, 0.6) is 0 Å². The van der Waals surface area contributed by atoms with E-state index in [1.807, 2.05) is 0 Å². The SMILES string of the molecule is CCCCCCCCc1c(S(=O)(=O)O)c(S(=O)(=O)O)c(S(=O)(=O)O)c2ccccc12. The van der Waals surface area contributed by atoms with Gasteiger partial charge in [-0.05, 0) is 23.8 Å². The topological polar surface area (TPSA) is 163 Å². The summed E-state index contributed by atoms with van der Waals surface area (Å²) in [5.41, 5.74) is -0.136. The van der Waals surface area contributed by atoms with Crippen LogP contribution >= 0.6 is 0 Å². The van der Waals surface area contributed by atoms with Gasteiger partial charge in [-0.3, -0.25) is 13.7 Å². The predicted octanol–water partition coefficient (Wildman–Crippen LogP) is 3.48. The molecule has 0 saturated heterocycles. The molecule has 0 amide bonds. The Morgan fingerprint density at radius 3 is 1.60 bits per heavy atom. The van der Waals surface area contributed by atoms with Gasteiger partial charge in [-0.25, -0.2) is 0 Å². The van der Waals surface area contributed by atoms with Crippen LogP contribution in [0.25, 0.3) is 10.8 Å². The molecular formula is C18H24O9S3. The number of benzene rings is 2. The van der Waals surface area contributed by atoms with Crippen molar-refractivity contribution in [3.05, 3.63) is 29.8 Å². The zero-order valence-corrected chi connectivity index (χ0v) is 18.7. The lowest BCUT2D eigenvalue weighted by molar-refractivity contribution is 0.455. The highest BCUT2D eigenvalue weighted by molar-refractivity contribution is 7.90. The number of aryl methyl sites for hydroxylation is 1. The van der Waals surface area contributed by atoms with Gasteiger partial charge in [-0.2, -0.15) is 25.3 Å². The molecule has 168 valence electrons. The maximum atomic E-state index is 12.1. The first kappa shape index (κ1) is 24.7. The molecule has 0 saturated carbocycles. The molecule has 2 aromatic rings. The molecule has 2 aromatic carbocycles. The molecule has 0 heterocycles. The maximum absolute atomic E-state index is 12.1. The van der Waals surface area contributed by atoms with Gasteiger partial charge in [0.05, 0.1) is 0 Å². The van der Waals surface area contributed by atoms with Crippen LogP contribution < -0.4 is 0 Å². The van der Waals surface area contributed by atoms with Crippen LogP contribution in [0.4, 0.5) is 0 Å². The van der Waals surface area contributed by atoms with E-state index in [9.17, 15) is 38.9 Å². The fraction of sp³-hybridized carbons (Fsp3) is 0.444. The number of unbranched alkanes of at least 4 members (excludes halogenated alkanes) is 5. The smallest absolute Gasteiger partial charge is 0.282 e. The Hall–Kier alpha value is -1.57. The summed E-state index contributed by atoms with van der Waals surface area (Å²) >= 11 is 0. The van der Waals surface area contributed by atoms with Crippen LogP contribution in [-0.4, -0.2) is 38.9 Å². The Kier molecular flexibility index (Phi) is 7.64. The second kappa shape index (κ2) is 9.28. The molecule has 0 aromatic heterocycles. The highest BCUT2D eigenvalue weighted by atomic mass is 32.2. The molecular weight excluding hydrogens is 456 g/mol. The molecule has 0 fully saturated rings. The molecule has 0 bridgehead atoms. The van der Waals surface area contributed by atoms with Gasteiger partial charge in [0.1, 0.15) is 14.7 Å². The average molecular weight is 481 g/mol. The van der Waals surface area contributed by atoms with Crippen molar-refractivity contribution in [2.24, 2.45) is 0 Å². The van der Waals surface area contributed by atoms with Crippen molar-refractivity contribution >= 4 is 41.1 Å². The molecule has 0 aliphatic rings. The van der Waals surface area contributed by atoms with Crippen LogP contribution in [0, 0.1) is 0 Å². The first-order chi connectivity index (χ1) is 13.8. The summed E-state index contributed by atoms with van der Waals surface area (Å²) in [7, 11) is -16.0. The zero-order chi connectivity index (χ0) is 22.7. The van der Waals surface area contributed by atoms with Gasteiger partial charge in [0.15, 0.2) is 0 Å². The van der Waals surface area contributed by atoms with Crippen LogP contribution in [0.1, 0.15) is 51.0 Å². The number of hydrogen-bond donors (Lipinski definition) is 3. The monoisotopic (exact) mass is 480 g/mol. The molecule has 0 aliphatic carbocycles. The molecule has 0 radical (unpaired) electrons. The van der Waals surface area contributed by atoms with Gasteiger partial charge >= 0.3 is 0 Å². The van der Waals surface area contributed by atoms with E-state index < -0.39 is 45.0 Å². The zero-order valence-electron chi connectivity index (χ0n) is 16.3. The average Bonchev–Trinajstić information content (AvgIpc) is 2.60. The van der Waals surface area contributed by atoms with E-state index in [4.69, 9.17) is 0 Å². The lowest BCUT2D eigenvalue weighted by Gasteiger charge is -2.18. The Morgan fingerprint density at radius 1 is 0.633 bits per heavy atom. The summed E-state index contributed by atoms with van der Waals surface area (Å²) in [6, 6.07) is 5.39. The predicted molar refractivity (Wildman–Crippen MR) is 110 cm³/mol. The Labute approximate surface area is 176 Å². The lowest BCUT2D eigenvalue weighted by Crippen LogP contribution is -2.17. The second-order valence-corrected chi connectivity index (χ2v) is 11.0. The minimum Gasteiger partial charge on any atom is -0.282 e. The van der Waals surface area contributed by atoms with Crippen molar-refractivity contribution in [3.63, 3.8) is 0 Å². The lowest BCUT2D eigenvalue weighted by atomic mass is 9.98. The van der Waals surface area contributed by atoms with Gasteiger partial charge in [-0.1, -0.05) is 63.3 Å². The third kappa shape index (κ3) is 5.56. The van der Waals surface area contributed by atoms with Gasteiger partial charge in [0.25, 0.3) is 30.4 Å². The molecule has 0 aliphatic heterocycles. The van der Waals surface area contributed by atoms with Crippen molar-refractivity contribution in [1.82, 2.24) is 0 Å². The van der Waals surface area contributed by atoms with Crippen molar-refractivity contribution < 1.29 is 38.9 Å². The van der Waals surface area contributed by atoms with E-state index in [0.717, 1.165) is 25.7 Å². The van der Waals surface area contributed by atoms with Crippen LogP contribution in [-0.2, 0) is 36.8 Å². The summed E-state index contributed by atoms with van der Waals surface area (Å²) in [6.07, 6.45) is 5.05. The highest BCUT2D eigenvalue weighted by Crippen LogP contribution is 2.39. The van der Waals surface area contributed by atoms with E-state index in [-0.39, 0.29) is 22.8 Å². The quantitative estimate of drug-likeness (QED) is 0.341. The first-order valence-electron chi connectivity index (χ1n) is 9.30. The molecule has 9 nitrogen and oxygen atoms in total. The van der Waals surface area contributed by atoms with E-state index in [1.165, 1.54) is 24.3 Å². The van der Waals surface area contributed by atoms with Gasteiger partial charge in [0, 0.05) is 5.39 Å². The summed E-state index contributed by atoms with van der Waals surface area (Å²) in [5.74, 6) is 0. The Morgan fingerprint density at radius 2 is 1.10 bits per heavy atom. The van der Waals surface area contributed by atoms with E-state index in [1.54, 1.807) is 0 Å². The van der Waals surface area contributed by atoms with Gasteiger partial charge in [0.2, 0.25) is 0 Å². The van der Waals surface area contributed by atoms with E-state index in [0.29, 0.717) is 12.8 Å². The fourth-order valence-electron chi connectivity index (χ4n) is 3.52. The number of hydrogen-bond acceptors (Lipinski definition) is 6. The largest absolute Gasteiger partial charge is 0.297 e. The fourth-order valence-corrected chi connectivity index (χ4v) is 7.20. The number of fused-ring (bicyclic) bond motifs is 1. The molecule has 3 N–H and O–H groups in total.